The third-order valence-corrected chi connectivity index (χ3v) is 3.57. The number of ether oxygens (including phenoxy) is 1. The molecule has 1 aromatic rings. The highest BCUT2D eigenvalue weighted by atomic mass is 16.5. The Morgan fingerprint density at radius 3 is 2.89 bits per heavy atom. The van der Waals surface area contributed by atoms with E-state index in [1.807, 2.05) is 12.4 Å². The van der Waals surface area contributed by atoms with Gasteiger partial charge < -0.3 is 14.6 Å². The van der Waals surface area contributed by atoms with Crippen molar-refractivity contribution < 1.29 is 4.74 Å². The lowest BCUT2D eigenvalue weighted by atomic mass is 9.98. The van der Waals surface area contributed by atoms with E-state index >= 15 is 0 Å². The van der Waals surface area contributed by atoms with Gasteiger partial charge in [-0.25, -0.2) is 4.98 Å². The van der Waals surface area contributed by atoms with E-state index in [1.165, 1.54) is 32.1 Å². The molecule has 0 spiro atoms. The average Bonchev–Trinajstić information content (AvgIpc) is 2.82. The molecule has 0 amide bonds. The van der Waals surface area contributed by atoms with Crippen LogP contribution in [-0.2, 0) is 11.3 Å². The molecule has 0 aliphatic heterocycles. The Morgan fingerprint density at radius 1 is 1.37 bits per heavy atom. The molecule has 1 heterocycles. The van der Waals surface area contributed by atoms with Crippen molar-refractivity contribution in [2.24, 2.45) is 5.92 Å². The van der Waals surface area contributed by atoms with E-state index in [0.717, 1.165) is 25.6 Å². The maximum atomic E-state index is 5.90. The van der Waals surface area contributed by atoms with Gasteiger partial charge in [-0.1, -0.05) is 33.1 Å². The molecule has 0 aromatic carbocycles. The topological polar surface area (TPSA) is 39.1 Å². The van der Waals surface area contributed by atoms with Crippen LogP contribution >= 0.6 is 0 Å². The van der Waals surface area contributed by atoms with Crippen LogP contribution in [0.25, 0.3) is 0 Å². The van der Waals surface area contributed by atoms with Crippen LogP contribution in [0.4, 0.5) is 5.95 Å². The molecule has 4 nitrogen and oxygen atoms in total. The van der Waals surface area contributed by atoms with Gasteiger partial charge in [0.05, 0.1) is 12.7 Å². The van der Waals surface area contributed by atoms with Crippen molar-refractivity contribution in [3.05, 3.63) is 12.4 Å². The third kappa shape index (κ3) is 4.86. The van der Waals surface area contributed by atoms with E-state index in [1.54, 1.807) is 0 Å². The lowest BCUT2D eigenvalue weighted by molar-refractivity contribution is 0.0347. The highest BCUT2D eigenvalue weighted by Crippen LogP contribution is 2.20. The van der Waals surface area contributed by atoms with Crippen LogP contribution in [0.2, 0.25) is 0 Å². The molecule has 1 saturated carbocycles. The van der Waals surface area contributed by atoms with Crippen LogP contribution in [0, 0.1) is 5.92 Å². The summed E-state index contributed by atoms with van der Waals surface area (Å²) in [5.74, 6) is 1.59. The summed E-state index contributed by atoms with van der Waals surface area (Å²) < 4.78 is 8.07. The van der Waals surface area contributed by atoms with Gasteiger partial charge in [0.15, 0.2) is 0 Å². The molecule has 0 atom stereocenters. The Kier molecular flexibility index (Phi) is 5.70. The Balaban J connectivity index is 1.66. The number of hydrogen-bond donors (Lipinski definition) is 1. The fourth-order valence-electron chi connectivity index (χ4n) is 2.64. The van der Waals surface area contributed by atoms with Gasteiger partial charge in [-0.05, 0) is 18.8 Å². The van der Waals surface area contributed by atoms with Gasteiger partial charge in [0.25, 0.3) is 0 Å². The van der Waals surface area contributed by atoms with Gasteiger partial charge >= 0.3 is 0 Å². The van der Waals surface area contributed by atoms with Gasteiger partial charge in [0.2, 0.25) is 5.95 Å². The summed E-state index contributed by atoms with van der Waals surface area (Å²) in [7, 11) is 0. The molecule has 1 aliphatic carbocycles. The van der Waals surface area contributed by atoms with Crippen LogP contribution in [0.15, 0.2) is 12.4 Å². The predicted molar refractivity (Wildman–Crippen MR) is 78.4 cm³/mol. The standard InChI is InChI=1S/C15H27N3O/c1-13(2)12-18-10-8-16-15(18)17-9-11-19-14-6-4-3-5-7-14/h8,10,13-14H,3-7,9,11-12H2,1-2H3,(H,16,17). The van der Waals surface area contributed by atoms with Crippen molar-refractivity contribution in [3.8, 4) is 0 Å². The summed E-state index contributed by atoms with van der Waals surface area (Å²) in [6, 6.07) is 0. The zero-order chi connectivity index (χ0) is 13.5. The number of anilines is 1. The molecule has 0 radical (unpaired) electrons. The van der Waals surface area contributed by atoms with E-state index in [2.05, 4.69) is 28.7 Å². The monoisotopic (exact) mass is 265 g/mol. The van der Waals surface area contributed by atoms with Gasteiger partial charge in [-0.2, -0.15) is 0 Å². The fraction of sp³-hybridized carbons (Fsp3) is 0.800. The van der Waals surface area contributed by atoms with Gasteiger partial charge in [-0.15, -0.1) is 0 Å². The summed E-state index contributed by atoms with van der Waals surface area (Å²) in [6.45, 7) is 7.06. The number of nitrogens with zero attached hydrogens (tertiary/aromatic N) is 2. The molecule has 1 N–H and O–H groups in total. The van der Waals surface area contributed by atoms with Crippen LogP contribution in [-0.4, -0.2) is 28.8 Å². The summed E-state index contributed by atoms with van der Waals surface area (Å²) >= 11 is 0. The molecule has 19 heavy (non-hydrogen) atoms. The molecule has 1 fully saturated rings. The Hall–Kier alpha value is -1.03. The van der Waals surface area contributed by atoms with Crippen molar-refractivity contribution in [2.45, 2.75) is 58.6 Å². The molecule has 4 heteroatoms. The van der Waals surface area contributed by atoms with E-state index in [4.69, 9.17) is 4.74 Å². The van der Waals surface area contributed by atoms with Gasteiger partial charge in [-0.3, -0.25) is 0 Å². The van der Waals surface area contributed by atoms with Crippen molar-refractivity contribution >= 4 is 5.95 Å². The second-order valence-electron chi connectivity index (χ2n) is 5.85. The Morgan fingerprint density at radius 2 is 2.16 bits per heavy atom. The maximum Gasteiger partial charge on any atom is 0.202 e. The molecule has 1 aliphatic rings. The number of imidazole rings is 1. The highest BCUT2D eigenvalue weighted by molar-refractivity contribution is 5.25. The molecule has 2 rings (SSSR count). The normalized spacial score (nSPS) is 17.0. The van der Waals surface area contributed by atoms with E-state index < -0.39 is 0 Å². The summed E-state index contributed by atoms with van der Waals surface area (Å²) in [5, 5.41) is 3.37. The number of aromatic nitrogens is 2. The van der Waals surface area contributed by atoms with Crippen molar-refractivity contribution in [3.63, 3.8) is 0 Å². The lowest BCUT2D eigenvalue weighted by Gasteiger charge is -2.22. The van der Waals surface area contributed by atoms with Crippen molar-refractivity contribution in [1.82, 2.24) is 9.55 Å². The molecular formula is C15H27N3O. The van der Waals surface area contributed by atoms with Crippen molar-refractivity contribution in [1.29, 1.82) is 0 Å². The first-order valence-electron chi connectivity index (χ1n) is 7.62. The minimum Gasteiger partial charge on any atom is -0.376 e. The zero-order valence-corrected chi connectivity index (χ0v) is 12.3. The first kappa shape index (κ1) is 14.4. The van der Waals surface area contributed by atoms with Crippen LogP contribution < -0.4 is 5.32 Å². The van der Waals surface area contributed by atoms with Crippen LogP contribution in [0.5, 0.6) is 0 Å². The number of hydrogen-bond acceptors (Lipinski definition) is 3. The molecule has 108 valence electrons. The molecule has 0 unspecified atom stereocenters. The molecule has 0 bridgehead atoms. The first-order chi connectivity index (χ1) is 9.25. The molecule has 0 saturated heterocycles. The molecular weight excluding hydrogens is 238 g/mol. The minimum absolute atomic E-state index is 0.492. The minimum atomic E-state index is 0.492. The maximum absolute atomic E-state index is 5.90. The van der Waals surface area contributed by atoms with E-state index in [0.29, 0.717) is 12.0 Å². The average molecular weight is 265 g/mol. The Bertz CT molecular complexity index is 356. The number of rotatable bonds is 7. The van der Waals surface area contributed by atoms with E-state index in [-0.39, 0.29) is 0 Å². The zero-order valence-electron chi connectivity index (χ0n) is 12.3. The predicted octanol–water partition coefficient (Wildman–Crippen LogP) is 3.30. The summed E-state index contributed by atoms with van der Waals surface area (Å²) in [4.78, 5) is 4.35. The van der Waals surface area contributed by atoms with Gasteiger partial charge in [0, 0.05) is 25.5 Å². The first-order valence-corrected chi connectivity index (χ1v) is 7.62. The quantitative estimate of drug-likeness (QED) is 0.769. The fourth-order valence-corrected chi connectivity index (χ4v) is 2.64. The summed E-state index contributed by atoms with van der Waals surface area (Å²) in [6.07, 6.45) is 10.9. The largest absolute Gasteiger partial charge is 0.376 e. The highest BCUT2D eigenvalue weighted by Gasteiger charge is 2.13. The van der Waals surface area contributed by atoms with Crippen LogP contribution in [0.1, 0.15) is 46.0 Å². The lowest BCUT2D eigenvalue weighted by Crippen LogP contribution is -2.21. The SMILES string of the molecule is CC(C)Cn1ccnc1NCCOC1CCCCC1. The van der Waals surface area contributed by atoms with E-state index in [9.17, 15) is 0 Å². The Labute approximate surface area is 116 Å². The smallest absolute Gasteiger partial charge is 0.202 e. The second-order valence-corrected chi connectivity index (χ2v) is 5.85. The van der Waals surface area contributed by atoms with Crippen molar-refractivity contribution in [2.75, 3.05) is 18.5 Å². The summed E-state index contributed by atoms with van der Waals surface area (Å²) in [5.41, 5.74) is 0. The van der Waals surface area contributed by atoms with Crippen LogP contribution in [0.3, 0.4) is 0 Å². The molecule has 1 aromatic heterocycles. The number of nitrogens with one attached hydrogen (secondary N) is 1. The second kappa shape index (κ2) is 7.53. The third-order valence-electron chi connectivity index (χ3n) is 3.57. The van der Waals surface area contributed by atoms with Gasteiger partial charge in [0.1, 0.15) is 0 Å².